The number of carboxylic acids is 1. The molecule has 1 fully saturated rings. The molecule has 2 heterocycles. The number of hydrogen-bond donors (Lipinski definition) is 1. The molecule has 1 aromatic heterocycles. The fourth-order valence-corrected chi connectivity index (χ4v) is 5.41. The standard InChI is InChI=1S/C23H22F2N2O4S/c1-15-6-8-18(9-7-15)32(30,31)19-12-16-4-2-5-17(20(16)26-21(19)22(28)29)13-27-11-3-10-23(24,25)14-27/h2,4-9,12H,3,10-11,13-14H2,1H3,(H,28,29). The van der Waals surface area contributed by atoms with Gasteiger partial charge in [0.25, 0.3) is 5.92 Å². The molecule has 0 bridgehead atoms. The zero-order valence-electron chi connectivity index (χ0n) is 17.4. The number of rotatable bonds is 5. The van der Waals surface area contributed by atoms with Gasteiger partial charge in [0.2, 0.25) is 9.84 Å². The highest BCUT2D eigenvalue weighted by molar-refractivity contribution is 7.91. The Morgan fingerprint density at radius 1 is 1.19 bits per heavy atom. The van der Waals surface area contributed by atoms with E-state index >= 15 is 0 Å². The molecule has 0 unspecified atom stereocenters. The van der Waals surface area contributed by atoms with Crippen molar-refractivity contribution in [2.45, 2.75) is 42.0 Å². The largest absolute Gasteiger partial charge is 0.476 e. The van der Waals surface area contributed by atoms with Crippen LogP contribution in [0, 0.1) is 6.92 Å². The number of nitrogens with zero attached hydrogens (tertiary/aromatic N) is 2. The summed E-state index contributed by atoms with van der Waals surface area (Å²) in [6, 6.07) is 12.4. The maximum Gasteiger partial charge on any atom is 0.355 e. The van der Waals surface area contributed by atoms with E-state index < -0.39 is 32.3 Å². The second-order valence-electron chi connectivity index (χ2n) is 8.12. The van der Waals surface area contributed by atoms with Crippen LogP contribution in [-0.2, 0) is 16.4 Å². The molecule has 0 radical (unpaired) electrons. The monoisotopic (exact) mass is 460 g/mol. The van der Waals surface area contributed by atoms with Crippen LogP contribution in [0.3, 0.4) is 0 Å². The van der Waals surface area contributed by atoms with E-state index in [0.29, 0.717) is 29.4 Å². The minimum atomic E-state index is -4.13. The Bertz CT molecular complexity index is 1290. The number of hydrogen-bond acceptors (Lipinski definition) is 5. The normalized spacial score (nSPS) is 16.8. The van der Waals surface area contributed by atoms with Gasteiger partial charge in [-0.3, -0.25) is 4.90 Å². The molecule has 1 aliphatic heterocycles. The molecule has 0 atom stereocenters. The van der Waals surface area contributed by atoms with E-state index in [-0.39, 0.29) is 24.4 Å². The summed E-state index contributed by atoms with van der Waals surface area (Å²) in [7, 11) is -4.13. The SMILES string of the molecule is Cc1ccc(S(=O)(=O)c2cc3cccc(CN4CCCC(F)(F)C4)c3nc2C(=O)O)cc1. The number of likely N-dealkylation sites (tertiary alicyclic amines) is 1. The van der Waals surface area contributed by atoms with Crippen molar-refractivity contribution in [1.82, 2.24) is 9.88 Å². The van der Waals surface area contributed by atoms with Crippen LogP contribution in [0.4, 0.5) is 8.78 Å². The third kappa shape index (κ3) is 4.35. The molecule has 6 nitrogen and oxygen atoms in total. The van der Waals surface area contributed by atoms with Gasteiger partial charge < -0.3 is 5.11 Å². The van der Waals surface area contributed by atoms with Crippen molar-refractivity contribution in [2.75, 3.05) is 13.1 Å². The average molecular weight is 461 g/mol. The molecule has 3 aromatic rings. The Morgan fingerprint density at radius 3 is 2.56 bits per heavy atom. The molecule has 168 valence electrons. The summed E-state index contributed by atoms with van der Waals surface area (Å²) in [5.74, 6) is -4.24. The third-order valence-corrected chi connectivity index (χ3v) is 7.37. The lowest BCUT2D eigenvalue weighted by Gasteiger charge is -2.32. The van der Waals surface area contributed by atoms with Gasteiger partial charge in [0.15, 0.2) is 5.69 Å². The van der Waals surface area contributed by atoms with E-state index in [2.05, 4.69) is 4.98 Å². The summed E-state index contributed by atoms with van der Waals surface area (Å²) in [6.07, 6.45) is 0.213. The predicted molar refractivity (Wildman–Crippen MR) is 115 cm³/mol. The van der Waals surface area contributed by atoms with E-state index in [1.165, 1.54) is 18.2 Å². The van der Waals surface area contributed by atoms with Crippen molar-refractivity contribution < 1.29 is 27.1 Å². The van der Waals surface area contributed by atoms with Crippen LogP contribution in [0.1, 0.15) is 34.5 Å². The third-order valence-electron chi connectivity index (χ3n) is 5.58. The quantitative estimate of drug-likeness (QED) is 0.611. The van der Waals surface area contributed by atoms with Gasteiger partial charge in [-0.2, -0.15) is 0 Å². The first-order chi connectivity index (χ1) is 15.1. The van der Waals surface area contributed by atoms with Gasteiger partial charge in [-0.05, 0) is 43.7 Å². The number of benzene rings is 2. The van der Waals surface area contributed by atoms with Gasteiger partial charge in [0.1, 0.15) is 4.90 Å². The van der Waals surface area contributed by atoms with Gasteiger partial charge in [-0.1, -0.05) is 35.9 Å². The second kappa shape index (κ2) is 8.22. The van der Waals surface area contributed by atoms with Gasteiger partial charge >= 0.3 is 5.97 Å². The molecule has 0 saturated carbocycles. The highest BCUT2D eigenvalue weighted by atomic mass is 32.2. The summed E-state index contributed by atoms with van der Waals surface area (Å²) < 4.78 is 54.0. The zero-order chi connectivity index (χ0) is 23.1. The van der Waals surface area contributed by atoms with Crippen LogP contribution < -0.4 is 0 Å². The van der Waals surface area contributed by atoms with E-state index in [0.717, 1.165) is 5.56 Å². The van der Waals surface area contributed by atoms with Crippen LogP contribution in [0.25, 0.3) is 10.9 Å². The van der Waals surface area contributed by atoms with Crippen molar-refractivity contribution >= 4 is 26.7 Å². The van der Waals surface area contributed by atoms with Crippen molar-refractivity contribution in [2.24, 2.45) is 0 Å². The number of alkyl halides is 2. The van der Waals surface area contributed by atoms with E-state index in [1.54, 1.807) is 35.2 Å². The summed E-state index contributed by atoms with van der Waals surface area (Å²) in [4.78, 5) is 17.3. The molecule has 1 aliphatic rings. The van der Waals surface area contributed by atoms with Crippen LogP contribution in [0.2, 0.25) is 0 Å². The first-order valence-electron chi connectivity index (χ1n) is 10.1. The van der Waals surface area contributed by atoms with Gasteiger partial charge in [-0.25, -0.2) is 27.0 Å². The zero-order valence-corrected chi connectivity index (χ0v) is 18.2. The average Bonchev–Trinajstić information content (AvgIpc) is 2.72. The van der Waals surface area contributed by atoms with Crippen molar-refractivity contribution in [3.8, 4) is 0 Å². The Kier molecular flexibility index (Phi) is 5.72. The molecule has 0 amide bonds. The molecule has 2 aromatic carbocycles. The molecule has 0 spiro atoms. The number of sulfone groups is 1. The summed E-state index contributed by atoms with van der Waals surface area (Å²) in [5.41, 5.74) is 1.14. The summed E-state index contributed by atoms with van der Waals surface area (Å²) in [5, 5.41) is 10.2. The molecule has 32 heavy (non-hydrogen) atoms. The number of carbonyl (C=O) groups is 1. The Labute approximate surface area is 184 Å². The lowest BCUT2D eigenvalue weighted by atomic mass is 10.0. The molecule has 1 N–H and O–H groups in total. The minimum absolute atomic E-state index is 0.0292. The van der Waals surface area contributed by atoms with Crippen LogP contribution in [0.5, 0.6) is 0 Å². The number of aromatic carboxylic acids is 1. The first-order valence-corrected chi connectivity index (χ1v) is 11.6. The predicted octanol–water partition coefficient (Wildman–Crippen LogP) is 4.31. The molecule has 4 rings (SSSR count). The minimum Gasteiger partial charge on any atom is -0.476 e. The highest BCUT2D eigenvalue weighted by Crippen LogP contribution is 2.31. The van der Waals surface area contributed by atoms with Gasteiger partial charge in [-0.15, -0.1) is 0 Å². The van der Waals surface area contributed by atoms with Crippen molar-refractivity contribution in [3.05, 3.63) is 65.4 Å². The first kappa shape index (κ1) is 22.3. The number of halogens is 2. The van der Waals surface area contributed by atoms with Crippen molar-refractivity contribution in [3.63, 3.8) is 0 Å². The fourth-order valence-electron chi connectivity index (χ4n) is 3.99. The molecular formula is C23H22F2N2O4S. The fraction of sp³-hybridized carbons (Fsp3) is 0.304. The Morgan fingerprint density at radius 2 is 1.91 bits per heavy atom. The number of fused-ring (bicyclic) bond motifs is 1. The van der Waals surface area contributed by atoms with Crippen LogP contribution >= 0.6 is 0 Å². The van der Waals surface area contributed by atoms with Crippen molar-refractivity contribution in [1.29, 1.82) is 0 Å². The highest BCUT2D eigenvalue weighted by Gasteiger charge is 2.35. The summed E-state index contributed by atoms with van der Waals surface area (Å²) in [6.45, 7) is 2.10. The van der Waals surface area contributed by atoms with E-state index in [9.17, 15) is 27.1 Å². The molecule has 1 saturated heterocycles. The van der Waals surface area contributed by atoms with E-state index in [1.807, 2.05) is 6.92 Å². The number of pyridine rings is 1. The van der Waals surface area contributed by atoms with Crippen LogP contribution in [0.15, 0.2) is 58.3 Å². The maximum atomic E-state index is 13.8. The topological polar surface area (TPSA) is 87.6 Å². The number of carboxylic acid groups (broad SMARTS) is 1. The smallest absolute Gasteiger partial charge is 0.355 e. The molecule has 9 heteroatoms. The number of para-hydroxylation sites is 1. The number of aromatic nitrogens is 1. The number of aryl methyl sites for hydroxylation is 1. The van der Waals surface area contributed by atoms with Gasteiger partial charge in [0.05, 0.1) is 17.0 Å². The number of piperidine rings is 1. The van der Waals surface area contributed by atoms with Crippen LogP contribution in [-0.4, -0.2) is 48.4 Å². The maximum absolute atomic E-state index is 13.8. The molecular weight excluding hydrogens is 438 g/mol. The lowest BCUT2D eigenvalue weighted by molar-refractivity contribution is -0.0660. The Balaban J connectivity index is 1.81. The lowest BCUT2D eigenvalue weighted by Crippen LogP contribution is -2.42. The summed E-state index contributed by atoms with van der Waals surface area (Å²) >= 11 is 0. The van der Waals surface area contributed by atoms with Gasteiger partial charge in [0, 0.05) is 18.4 Å². The molecule has 0 aliphatic carbocycles. The van der Waals surface area contributed by atoms with E-state index in [4.69, 9.17) is 0 Å². The Hall–Kier alpha value is -2.91. The second-order valence-corrected chi connectivity index (χ2v) is 10.0.